The second-order valence-electron chi connectivity index (χ2n) is 4.24. The van der Waals surface area contributed by atoms with Crippen molar-refractivity contribution >= 4 is 17.5 Å². The predicted molar refractivity (Wildman–Crippen MR) is 63.5 cm³/mol. The Morgan fingerprint density at radius 3 is 2.62 bits per heavy atom. The summed E-state index contributed by atoms with van der Waals surface area (Å²) in [5, 5.41) is 18.3. The minimum absolute atomic E-state index is 0.227. The average molecular weight is 302 g/mol. The van der Waals surface area contributed by atoms with Crippen molar-refractivity contribution in [2.75, 3.05) is 11.5 Å². The molecule has 1 saturated heterocycles. The van der Waals surface area contributed by atoms with Crippen LogP contribution in [-0.2, 0) is 10.9 Å². The summed E-state index contributed by atoms with van der Waals surface area (Å²) in [6.45, 7) is 6.37. The minimum atomic E-state index is -4.77. The van der Waals surface area contributed by atoms with Crippen LogP contribution in [0.25, 0.3) is 4.85 Å². The second-order valence-corrected chi connectivity index (χ2v) is 4.24. The summed E-state index contributed by atoms with van der Waals surface area (Å²) >= 11 is 0. The number of alkyl halides is 3. The maximum Gasteiger partial charge on any atom is 0.414 e. The van der Waals surface area contributed by atoms with Crippen molar-refractivity contribution in [3.63, 3.8) is 0 Å². The molecule has 0 aliphatic carbocycles. The number of aliphatic hydroxyl groups is 2. The van der Waals surface area contributed by atoms with Crippen LogP contribution in [0.15, 0.2) is 18.2 Å². The Kier molecular flexibility index (Phi) is 3.76. The number of amides is 1. The summed E-state index contributed by atoms with van der Waals surface area (Å²) in [5.74, 6) is 0. The number of cyclic esters (lactones) is 1. The van der Waals surface area contributed by atoms with Gasteiger partial charge in [-0.25, -0.2) is 9.64 Å². The molecule has 0 unspecified atom stereocenters. The van der Waals surface area contributed by atoms with E-state index in [0.717, 1.165) is 12.1 Å². The summed E-state index contributed by atoms with van der Waals surface area (Å²) in [4.78, 5) is 15.0. The van der Waals surface area contributed by atoms with Gasteiger partial charge in [-0.3, -0.25) is 4.90 Å². The van der Waals surface area contributed by atoms with Crippen LogP contribution >= 0.6 is 0 Å². The van der Waals surface area contributed by atoms with E-state index in [9.17, 15) is 18.0 Å². The predicted octanol–water partition coefficient (Wildman–Crippen LogP) is 1.89. The van der Waals surface area contributed by atoms with Crippen LogP contribution in [0, 0.1) is 6.57 Å². The molecule has 1 heterocycles. The van der Waals surface area contributed by atoms with Gasteiger partial charge in [0.25, 0.3) is 0 Å². The Balaban J connectivity index is 2.50. The van der Waals surface area contributed by atoms with E-state index in [4.69, 9.17) is 16.8 Å². The average Bonchev–Trinajstić information content (AvgIpc) is 2.79. The highest BCUT2D eigenvalue weighted by Crippen LogP contribution is 2.39. The summed E-state index contributed by atoms with van der Waals surface area (Å²) in [6.07, 6.45) is -7.73. The van der Waals surface area contributed by atoms with Crippen LogP contribution < -0.4 is 4.90 Å². The van der Waals surface area contributed by atoms with Crippen molar-refractivity contribution in [1.29, 1.82) is 0 Å². The van der Waals surface area contributed by atoms with Crippen LogP contribution in [0.4, 0.5) is 29.3 Å². The lowest BCUT2D eigenvalue weighted by Crippen LogP contribution is -2.42. The molecule has 1 aliphatic heterocycles. The van der Waals surface area contributed by atoms with E-state index in [1.165, 1.54) is 0 Å². The molecule has 1 aromatic rings. The Bertz CT molecular complexity index is 610. The van der Waals surface area contributed by atoms with E-state index in [0.29, 0.717) is 11.0 Å². The fraction of sp³-hybridized carbons (Fsp3) is 0.333. The molecular weight excluding hydrogens is 293 g/mol. The van der Waals surface area contributed by atoms with E-state index in [-0.39, 0.29) is 12.3 Å². The van der Waals surface area contributed by atoms with Gasteiger partial charge in [0.2, 0.25) is 0 Å². The molecule has 112 valence electrons. The molecule has 1 amide bonds. The molecule has 0 spiro atoms. The minimum Gasteiger partial charge on any atom is -0.447 e. The number of rotatable bonds is 2. The third kappa shape index (κ3) is 2.76. The van der Waals surface area contributed by atoms with Crippen LogP contribution in [0.3, 0.4) is 0 Å². The Morgan fingerprint density at radius 1 is 1.43 bits per heavy atom. The molecule has 1 fully saturated rings. The molecule has 6 nitrogen and oxygen atoms in total. The highest BCUT2D eigenvalue weighted by molar-refractivity contribution is 5.91. The zero-order valence-electron chi connectivity index (χ0n) is 10.3. The quantitative estimate of drug-likeness (QED) is 0.646. The van der Waals surface area contributed by atoms with Gasteiger partial charge < -0.3 is 14.9 Å². The van der Waals surface area contributed by atoms with Crippen molar-refractivity contribution in [3.05, 3.63) is 35.2 Å². The number of nitrogens with zero attached hydrogens (tertiary/aromatic N) is 2. The molecule has 2 N–H and O–H groups in total. The van der Waals surface area contributed by atoms with E-state index in [2.05, 4.69) is 9.58 Å². The zero-order chi connectivity index (χ0) is 15.8. The number of aliphatic hydroxyl groups excluding tert-OH is 1. The molecule has 0 aromatic heterocycles. The van der Waals surface area contributed by atoms with E-state index in [1.807, 2.05) is 0 Å². The molecule has 2 rings (SSSR count). The number of carbonyl (C=O) groups is 1. The number of anilines is 1. The monoisotopic (exact) mass is 302 g/mol. The topological polar surface area (TPSA) is 74.4 Å². The van der Waals surface area contributed by atoms with E-state index in [1.54, 1.807) is 0 Å². The first kappa shape index (κ1) is 15.1. The van der Waals surface area contributed by atoms with Crippen LogP contribution in [0.2, 0.25) is 0 Å². The molecule has 1 atom stereocenters. The fourth-order valence-corrected chi connectivity index (χ4v) is 1.95. The van der Waals surface area contributed by atoms with Gasteiger partial charge in [0.1, 0.15) is 12.6 Å². The summed E-state index contributed by atoms with van der Waals surface area (Å²) < 4.78 is 43.2. The lowest BCUT2D eigenvalue weighted by atomic mass is 10.1. The molecule has 0 radical (unpaired) electrons. The molecule has 0 saturated carbocycles. The Morgan fingerprint density at radius 2 is 2.10 bits per heavy atom. The van der Waals surface area contributed by atoms with Gasteiger partial charge in [-0.15, -0.1) is 0 Å². The largest absolute Gasteiger partial charge is 0.447 e. The molecule has 9 heteroatoms. The van der Waals surface area contributed by atoms with Gasteiger partial charge >= 0.3 is 12.3 Å². The Labute approximate surface area is 116 Å². The van der Waals surface area contributed by atoms with Gasteiger partial charge in [-0.2, -0.15) is 13.2 Å². The molecule has 1 aliphatic rings. The molecular formula is C12H9F3N2O4. The summed E-state index contributed by atoms with van der Waals surface area (Å²) in [5.41, 5.74) is -2.05. The van der Waals surface area contributed by atoms with Gasteiger partial charge in [0.05, 0.1) is 12.1 Å². The van der Waals surface area contributed by atoms with Crippen LogP contribution in [-0.4, -0.2) is 35.2 Å². The van der Waals surface area contributed by atoms with Gasteiger partial charge in [-0.05, 0) is 12.1 Å². The molecule has 1 aromatic carbocycles. The Hall–Kier alpha value is -2.31. The summed E-state index contributed by atoms with van der Waals surface area (Å²) in [7, 11) is 0. The smallest absolute Gasteiger partial charge is 0.414 e. The van der Waals surface area contributed by atoms with Crippen molar-refractivity contribution in [1.82, 2.24) is 0 Å². The van der Waals surface area contributed by atoms with Crippen LogP contribution in [0.1, 0.15) is 5.56 Å². The third-order valence-electron chi connectivity index (χ3n) is 2.93. The third-order valence-corrected chi connectivity index (χ3v) is 2.93. The number of hydrogen-bond donors (Lipinski definition) is 2. The van der Waals surface area contributed by atoms with Crippen molar-refractivity contribution in [3.8, 4) is 0 Å². The first-order chi connectivity index (χ1) is 9.75. The van der Waals surface area contributed by atoms with Gasteiger partial charge in [0, 0.05) is 5.69 Å². The van der Waals surface area contributed by atoms with E-state index >= 15 is 0 Å². The van der Waals surface area contributed by atoms with Crippen molar-refractivity contribution < 1.29 is 32.9 Å². The highest BCUT2D eigenvalue weighted by Gasteiger charge is 2.40. The standard InChI is InChI=1S/C12H9F3N2O4/c1-16-8-3-2-6(4-7(8)12(13,14)15)17-9(10(18)19)5-21-11(17)20/h2-4,9-10,18-19H,5H2/t9-/m1/s1. The lowest BCUT2D eigenvalue weighted by Gasteiger charge is -2.23. The fourth-order valence-electron chi connectivity index (χ4n) is 1.95. The van der Waals surface area contributed by atoms with Crippen molar-refractivity contribution in [2.45, 2.75) is 18.5 Å². The van der Waals surface area contributed by atoms with Crippen molar-refractivity contribution in [2.24, 2.45) is 0 Å². The van der Waals surface area contributed by atoms with Gasteiger partial charge in [-0.1, -0.05) is 6.07 Å². The number of benzene rings is 1. The number of halogens is 3. The first-order valence-corrected chi connectivity index (χ1v) is 5.66. The van der Waals surface area contributed by atoms with Crippen LogP contribution in [0.5, 0.6) is 0 Å². The first-order valence-electron chi connectivity index (χ1n) is 5.66. The SMILES string of the molecule is [C-]#[N+]c1ccc(N2C(=O)OC[C@@H]2C(O)O)cc1C(F)(F)F. The molecule has 0 bridgehead atoms. The number of hydrogen-bond acceptors (Lipinski definition) is 4. The second kappa shape index (κ2) is 5.23. The maximum absolute atomic E-state index is 12.9. The maximum atomic E-state index is 12.9. The molecule has 21 heavy (non-hydrogen) atoms. The summed E-state index contributed by atoms with van der Waals surface area (Å²) in [6, 6.07) is 1.43. The zero-order valence-corrected chi connectivity index (χ0v) is 10.3. The normalized spacial score (nSPS) is 18.8. The van der Waals surface area contributed by atoms with E-state index < -0.39 is 35.9 Å². The highest BCUT2D eigenvalue weighted by atomic mass is 19.4. The number of carbonyl (C=O) groups excluding carboxylic acids is 1. The number of ether oxygens (including phenoxy) is 1. The van der Waals surface area contributed by atoms with Gasteiger partial charge in [0.15, 0.2) is 12.0 Å². The lowest BCUT2D eigenvalue weighted by molar-refractivity contribution is -0.136.